The summed E-state index contributed by atoms with van der Waals surface area (Å²) >= 11 is 0. The van der Waals surface area contributed by atoms with Crippen molar-refractivity contribution in [3.8, 4) is 0 Å². The third-order valence-corrected chi connectivity index (χ3v) is 4.93. The standard InChI is InChI=1S/C19H25NO7/c1-11(21)20-15-16(22)17-14(26-19(15)23-8-7-13-9-24-13)10-25-18(27-17)12-5-3-2-4-6-12/h2-6,13-19,22H,7-10H2,1H3,(H,20,21)/t13?,14-,15-,16-,17-,18?,19-/m1/s1. The Kier molecular flexibility index (Phi) is 5.72. The summed E-state index contributed by atoms with van der Waals surface area (Å²) in [4.78, 5) is 11.6. The lowest BCUT2D eigenvalue weighted by Gasteiger charge is -2.47. The second-order valence-corrected chi connectivity index (χ2v) is 7.05. The molecule has 7 atom stereocenters. The number of epoxide rings is 1. The highest BCUT2D eigenvalue weighted by Crippen LogP contribution is 2.34. The summed E-state index contributed by atoms with van der Waals surface area (Å²) < 4.78 is 28.7. The molecule has 3 saturated heterocycles. The Balaban J connectivity index is 1.44. The highest BCUT2D eigenvalue weighted by molar-refractivity contribution is 5.73. The van der Waals surface area contributed by atoms with E-state index in [-0.39, 0.29) is 18.6 Å². The van der Waals surface area contributed by atoms with Gasteiger partial charge >= 0.3 is 0 Å². The minimum absolute atomic E-state index is 0.235. The molecule has 0 spiro atoms. The van der Waals surface area contributed by atoms with Crippen molar-refractivity contribution >= 4 is 5.91 Å². The summed E-state index contributed by atoms with van der Waals surface area (Å²) in [6.07, 6.45) is -2.47. The topological polar surface area (TPSA) is 98.8 Å². The monoisotopic (exact) mass is 379 g/mol. The van der Waals surface area contributed by atoms with Crippen LogP contribution in [0.5, 0.6) is 0 Å². The molecule has 1 aromatic carbocycles. The molecule has 2 unspecified atom stereocenters. The van der Waals surface area contributed by atoms with Gasteiger partial charge in [0.05, 0.1) is 25.9 Å². The Labute approximate surface area is 157 Å². The van der Waals surface area contributed by atoms with E-state index in [0.29, 0.717) is 6.61 Å². The Morgan fingerprint density at radius 1 is 1.22 bits per heavy atom. The largest absolute Gasteiger partial charge is 0.388 e. The quantitative estimate of drug-likeness (QED) is 0.695. The zero-order chi connectivity index (χ0) is 18.8. The fourth-order valence-electron chi connectivity index (χ4n) is 3.45. The first-order chi connectivity index (χ1) is 13.1. The highest BCUT2D eigenvalue weighted by Gasteiger charge is 2.50. The molecule has 0 bridgehead atoms. The zero-order valence-corrected chi connectivity index (χ0v) is 15.2. The van der Waals surface area contributed by atoms with Crippen molar-refractivity contribution < 1.29 is 33.6 Å². The van der Waals surface area contributed by atoms with Gasteiger partial charge in [0.1, 0.15) is 24.4 Å². The third kappa shape index (κ3) is 4.48. The number of ether oxygens (including phenoxy) is 5. The van der Waals surface area contributed by atoms with Crippen molar-refractivity contribution in [2.75, 3.05) is 19.8 Å². The molecular formula is C19H25NO7. The Bertz CT molecular complexity index is 638. The summed E-state index contributed by atoms with van der Waals surface area (Å²) in [6, 6.07) is 8.79. The fraction of sp³-hybridized carbons (Fsp3) is 0.632. The van der Waals surface area contributed by atoms with Crippen LogP contribution in [0, 0.1) is 0 Å². The van der Waals surface area contributed by atoms with Crippen LogP contribution in [0.4, 0.5) is 0 Å². The van der Waals surface area contributed by atoms with Crippen LogP contribution < -0.4 is 5.32 Å². The molecule has 2 N–H and O–H groups in total. The van der Waals surface area contributed by atoms with Gasteiger partial charge in [0.25, 0.3) is 0 Å². The number of aliphatic hydroxyl groups excluding tert-OH is 1. The Morgan fingerprint density at radius 2 is 2.00 bits per heavy atom. The molecule has 27 heavy (non-hydrogen) atoms. The maximum atomic E-state index is 11.6. The minimum atomic E-state index is -0.982. The van der Waals surface area contributed by atoms with Gasteiger partial charge in [-0.2, -0.15) is 0 Å². The van der Waals surface area contributed by atoms with Gasteiger partial charge in [-0.3, -0.25) is 4.79 Å². The lowest BCUT2D eigenvalue weighted by Crippen LogP contribution is -2.66. The van der Waals surface area contributed by atoms with E-state index >= 15 is 0 Å². The molecule has 0 aromatic heterocycles. The molecule has 0 saturated carbocycles. The fourth-order valence-corrected chi connectivity index (χ4v) is 3.45. The number of hydrogen-bond donors (Lipinski definition) is 2. The van der Waals surface area contributed by atoms with Crippen LogP contribution in [0.25, 0.3) is 0 Å². The molecule has 0 aliphatic carbocycles. The van der Waals surface area contributed by atoms with E-state index in [9.17, 15) is 9.90 Å². The van der Waals surface area contributed by atoms with Crippen LogP contribution in [0.3, 0.4) is 0 Å². The van der Waals surface area contributed by atoms with Gasteiger partial charge in [-0.05, 0) is 6.42 Å². The van der Waals surface area contributed by atoms with E-state index in [2.05, 4.69) is 5.32 Å². The van der Waals surface area contributed by atoms with Crippen molar-refractivity contribution in [3.63, 3.8) is 0 Å². The second-order valence-electron chi connectivity index (χ2n) is 7.05. The second kappa shape index (κ2) is 8.22. The van der Waals surface area contributed by atoms with E-state index < -0.39 is 36.9 Å². The SMILES string of the molecule is CC(=O)N[C@H]1[C@H](OCCC2CO2)O[C@@H]2COC(c3ccccc3)O[C@H]2[C@@H]1O. The van der Waals surface area contributed by atoms with Gasteiger partial charge in [-0.15, -0.1) is 0 Å². The van der Waals surface area contributed by atoms with Crippen LogP contribution in [-0.2, 0) is 28.5 Å². The third-order valence-electron chi connectivity index (χ3n) is 4.93. The Hall–Kier alpha value is -1.55. The first-order valence-electron chi connectivity index (χ1n) is 9.27. The number of amides is 1. The predicted octanol–water partition coefficient (Wildman–Crippen LogP) is 0.497. The van der Waals surface area contributed by atoms with Crippen molar-refractivity contribution in [2.45, 2.75) is 56.4 Å². The van der Waals surface area contributed by atoms with E-state index in [1.54, 1.807) is 0 Å². The number of benzene rings is 1. The zero-order valence-electron chi connectivity index (χ0n) is 15.2. The number of carbonyl (C=O) groups excluding carboxylic acids is 1. The average Bonchev–Trinajstić information content (AvgIpc) is 3.49. The molecule has 4 rings (SSSR count). The Morgan fingerprint density at radius 3 is 2.70 bits per heavy atom. The first-order valence-corrected chi connectivity index (χ1v) is 9.27. The van der Waals surface area contributed by atoms with Gasteiger partial charge in [0.2, 0.25) is 5.91 Å². The molecule has 3 aliphatic heterocycles. The first kappa shape index (κ1) is 18.8. The van der Waals surface area contributed by atoms with Crippen LogP contribution in [0.2, 0.25) is 0 Å². The lowest BCUT2D eigenvalue weighted by atomic mass is 9.95. The highest BCUT2D eigenvalue weighted by atomic mass is 16.7. The van der Waals surface area contributed by atoms with Crippen LogP contribution in [0.15, 0.2) is 30.3 Å². The van der Waals surface area contributed by atoms with Crippen LogP contribution in [0.1, 0.15) is 25.2 Å². The summed E-state index contributed by atoms with van der Waals surface area (Å²) in [5.41, 5.74) is 0.863. The van der Waals surface area contributed by atoms with E-state index in [1.165, 1.54) is 6.92 Å². The van der Waals surface area contributed by atoms with Gasteiger partial charge < -0.3 is 34.1 Å². The van der Waals surface area contributed by atoms with Gasteiger partial charge in [-0.25, -0.2) is 0 Å². The van der Waals surface area contributed by atoms with Crippen molar-refractivity contribution in [1.82, 2.24) is 5.32 Å². The normalized spacial score (nSPS) is 38.1. The molecule has 3 fully saturated rings. The number of fused-ring (bicyclic) bond motifs is 1. The summed E-state index contributed by atoms with van der Waals surface area (Å²) in [5.74, 6) is -0.271. The lowest BCUT2D eigenvalue weighted by molar-refractivity contribution is -0.344. The van der Waals surface area contributed by atoms with Crippen LogP contribution in [-0.4, -0.2) is 67.6 Å². The van der Waals surface area contributed by atoms with Gasteiger partial charge in [0, 0.05) is 12.5 Å². The smallest absolute Gasteiger partial charge is 0.217 e. The maximum absolute atomic E-state index is 11.6. The summed E-state index contributed by atoms with van der Waals surface area (Å²) in [5, 5.41) is 13.6. The number of nitrogens with one attached hydrogen (secondary N) is 1. The molecule has 1 amide bonds. The number of aliphatic hydroxyl groups is 1. The van der Waals surface area contributed by atoms with Gasteiger partial charge in [0.15, 0.2) is 12.6 Å². The van der Waals surface area contributed by atoms with Gasteiger partial charge in [-0.1, -0.05) is 30.3 Å². The number of carbonyl (C=O) groups is 1. The number of hydrogen-bond acceptors (Lipinski definition) is 7. The van der Waals surface area contributed by atoms with E-state index in [1.807, 2.05) is 30.3 Å². The molecule has 148 valence electrons. The van der Waals surface area contributed by atoms with E-state index in [4.69, 9.17) is 23.7 Å². The molecular weight excluding hydrogens is 354 g/mol. The van der Waals surface area contributed by atoms with E-state index in [0.717, 1.165) is 18.6 Å². The predicted molar refractivity (Wildman–Crippen MR) is 92.6 cm³/mol. The maximum Gasteiger partial charge on any atom is 0.217 e. The van der Waals surface area contributed by atoms with Crippen molar-refractivity contribution in [3.05, 3.63) is 35.9 Å². The average molecular weight is 379 g/mol. The molecule has 0 radical (unpaired) electrons. The molecule has 3 heterocycles. The van der Waals surface area contributed by atoms with Crippen molar-refractivity contribution in [2.24, 2.45) is 0 Å². The summed E-state index contributed by atoms with van der Waals surface area (Å²) in [7, 11) is 0. The molecule has 3 aliphatic rings. The number of rotatable bonds is 6. The summed E-state index contributed by atoms with van der Waals surface area (Å²) in [6.45, 7) is 2.83. The molecule has 8 heteroatoms. The molecule has 8 nitrogen and oxygen atoms in total. The van der Waals surface area contributed by atoms with Crippen molar-refractivity contribution in [1.29, 1.82) is 0 Å². The van der Waals surface area contributed by atoms with Crippen LogP contribution >= 0.6 is 0 Å². The molecule has 1 aromatic rings. The minimum Gasteiger partial charge on any atom is -0.388 e.